The molecule has 0 heterocycles. The SMILES string of the molecule is CCC1CCC(O)C(CN(C)CCC(C)C)C1. The zero-order valence-corrected chi connectivity index (χ0v) is 12.2. The van der Waals surface area contributed by atoms with E-state index in [4.69, 9.17) is 0 Å². The van der Waals surface area contributed by atoms with Crippen LogP contribution in [-0.2, 0) is 0 Å². The summed E-state index contributed by atoms with van der Waals surface area (Å²) >= 11 is 0. The summed E-state index contributed by atoms with van der Waals surface area (Å²) < 4.78 is 0. The van der Waals surface area contributed by atoms with Crippen LogP contribution in [0.1, 0.15) is 52.9 Å². The first kappa shape index (κ1) is 15.0. The zero-order chi connectivity index (χ0) is 12.8. The lowest BCUT2D eigenvalue weighted by Crippen LogP contribution is -2.37. The molecule has 0 aromatic heterocycles. The average molecular weight is 241 g/mol. The zero-order valence-electron chi connectivity index (χ0n) is 12.2. The van der Waals surface area contributed by atoms with Crippen LogP contribution in [0.25, 0.3) is 0 Å². The Hall–Kier alpha value is -0.0800. The van der Waals surface area contributed by atoms with Gasteiger partial charge in [-0.15, -0.1) is 0 Å². The van der Waals surface area contributed by atoms with Gasteiger partial charge in [0.25, 0.3) is 0 Å². The summed E-state index contributed by atoms with van der Waals surface area (Å²) in [6.45, 7) is 9.07. The highest BCUT2D eigenvalue weighted by Crippen LogP contribution is 2.31. The summed E-state index contributed by atoms with van der Waals surface area (Å²) in [5, 5.41) is 10.1. The quantitative estimate of drug-likeness (QED) is 0.772. The Morgan fingerprint density at radius 3 is 2.59 bits per heavy atom. The second kappa shape index (κ2) is 7.38. The highest BCUT2D eigenvalue weighted by atomic mass is 16.3. The van der Waals surface area contributed by atoms with E-state index in [0.717, 1.165) is 31.3 Å². The van der Waals surface area contributed by atoms with E-state index < -0.39 is 0 Å². The topological polar surface area (TPSA) is 23.5 Å². The van der Waals surface area contributed by atoms with Gasteiger partial charge >= 0.3 is 0 Å². The van der Waals surface area contributed by atoms with Crippen LogP contribution in [0.5, 0.6) is 0 Å². The summed E-state index contributed by atoms with van der Waals surface area (Å²) in [5.74, 6) is 2.13. The summed E-state index contributed by atoms with van der Waals surface area (Å²) in [6, 6.07) is 0. The molecule has 2 heteroatoms. The molecule has 0 radical (unpaired) electrons. The van der Waals surface area contributed by atoms with Crippen LogP contribution < -0.4 is 0 Å². The van der Waals surface area contributed by atoms with Gasteiger partial charge in [0.15, 0.2) is 0 Å². The third-order valence-corrected chi connectivity index (χ3v) is 4.26. The minimum Gasteiger partial charge on any atom is -0.393 e. The molecule has 1 fully saturated rings. The molecule has 0 amide bonds. The molecule has 0 spiro atoms. The Kier molecular flexibility index (Phi) is 6.50. The molecular weight excluding hydrogens is 210 g/mol. The predicted octanol–water partition coefficient (Wildman–Crippen LogP) is 3.15. The largest absolute Gasteiger partial charge is 0.393 e. The van der Waals surface area contributed by atoms with E-state index in [2.05, 4.69) is 32.7 Å². The van der Waals surface area contributed by atoms with Gasteiger partial charge in [-0.2, -0.15) is 0 Å². The van der Waals surface area contributed by atoms with Crippen molar-refractivity contribution in [2.24, 2.45) is 17.8 Å². The molecule has 0 saturated heterocycles. The fraction of sp³-hybridized carbons (Fsp3) is 1.00. The van der Waals surface area contributed by atoms with Crippen molar-refractivity contribution in [1.29, 1.82) is 0 Å². The van der Waals surface area contributed by atoms with Crippen LogP contribution in [0.3, 0.4) is 0 Å². The van der Waals surface area contributed by atoms with Crippen molar-refractivity contribution < 1.29 is 5.11 Å². The Morgan fingerprint density at radius 2 is 2.00 bits per heavy atom. The fourth-order valence-corrected chi connectivity index (χ4v) is 2.88. The van der Waals surface area contributed by atoms with Gasteiger partial charge in [-0.05, 0) is 57.0 Å². The van der Waals surface area contributed by atoms with Gasteiger partial charge in [-0.3, -0.25) is 0 Å². The molecule has 1 rings (SSSR count). The summed E-state index contributed by atoms with van der Waals surface area (Å²) in [6.07, 6.45) is 5.95. The molecule has 0 bridgehead atoms. The molecule has 2 nitrogen and oxygen atoms in total. The van der Waals surface area contributed by atoms with Gasteiger partial charge in [0.2, 0.25) is 0 Å². The van der Waals surface area contributed by atoms with Crippen molar-refractivity contribution in [1.82, 2.24) is 4.90 Å². The predicted molar refractivity (Wildman–Crippen MR) is 74.1 cm³/mol. The van der Waals surface area contributed by atoms with Gasteiger partial charge in [0.1, 0.15) is 0 Å². The number of nitrogens with zero attached hydrogens (tertiary/aromatic N) is 1. The monoisotopic (exact) mass is 241 g/mol. The van der Waals surface area contributed by atoms with Crippen LogP contribution in [0.4, 0.5) is 0 Å². The molecule has 3 atom stereocenters. The molecule has 0 aromatic rings. The average Bonchev–Trinajstić information content (AvgIpc) is 2.29. The van der Waals surface area contributed by atoms with E-state index in [1.54, 1.807) is 0 Å². The number of aliphatic hydroxyl groups excluding tert-OH is 1. The standard InChI is InChI=1S/C15H31NO/c1-5-13-6-7-15(17)14(10-13)11-16(4)9-8-12(2)3/h12-15,17H,5-11H2,1-4H3. The molecule has 0 aliphatic heterocycles. The van der Waals surface area contributed by atoms with Gasteiger partial charge in [0, 0.05) is 6.54 Å². The van der Waals surface area contributed by atoms with E-state index in [1.807, 2.05) is 0 Å². The van der Waals surface area contributed by atoms with Gasteiger partial charge < -0.3 is 10.0 Å². The Labute approximate surface area is 107 Å². The van der Waals surface area contributed by atoms with Crippen LogP contribution >= 0.6 is 0 Å². The van der Waals surface area contributed by atoms with E-state index in [1.165, 1.54) is 25.7 Å². The maximum atomic E-state index is 10.1. The molecule has 1 saturated carbocycles. The van der Waals surface area contributed by atoms with Gasteiger partial charge in [0.05, 0.1) is 6.10 Å². The maximum Gasteiger partial charge on any atom is 0.0580 e. The van der Waals surface area contributed by atoms with E-state index in [-0.39, 0.29) is 6.10 Å². The second-order valence-electron chi connectivity index (χ2n) is 6.36. The number of aliphatic hydroxyl groups is 1. The van der Waals surface area contributed by atoms with E-state index in [9.17, 15) is 5.11 Å². The molecule has 0 aromatic carbocycles. The molecule has 1 aliphatic rings. The highest BCUT2D eigenvalue weighted by molar-refractivity contribution is 4.81. The first-order chi connectivity index (χ1) is 8.02. The van der Waals surface area contributed by atoms with Gasteiger partial charge in [-0.1, -0.05) is 27.2 Å². The summed E-state index contributed by atoms with van der Waals surface area (Å²) in [5.41, 5.74) is 0. The Bertz CT molecular complexity index is 205. The van der Waals surface area contributed by atoms with Crippen molar-refractivity contribution in [2.45, 2.75) is 59.0 Å². The van der Waals surface area contributed by atoms with Crippen molar-refractivity contribution >= 4 is 0 Å². The summed E-state index contributed by atoms with van der Waals surface area (Å²) in [7, 11) is 2.20. The van der Waals surface area contributed by atoms with Crippen LogP contribution in [0, 0.1) is 17.8 Å². The van der Waals surface area contributed by atoms with E-state index >= 15 is 0 Å². The maximum absolute atomic E-state index is 10.1. The molecule has 1 aliphatic carbocycles. The third-order valence-electron chi connectivity index (χ3n) is 4.26. The fourth-order valence-electron chi connectivity index (χ4n) is 2.88. The summed E-state index contributed by atoms with van der Waals surface area (Å²) in [4.78, 5) is 2.41. The number of hydrogen-bond acceptors (Lipinski definition) is 2. The molecule has 3 unspecified atom stereocenters. The molecule has 17 heavy (non-hydrogen) atoms. The van der Waals surface area contributed by atoms with Crippen molar-refractivity contribution in [2.75, 3.05) is 20.1 Å². The van der Waals surface area contributed by atoms with Crippen LogP contribution in [0.15, 0.2) is 0 Å². The lowest BCUT2D eigenvalue weighted by Gasteiger charge is -2.35. The lowest BCUT2D eigenvalue weighted by molar-refractivity contribution is 0.0304. The smallest absolute Gasteiger partial charge is 0.0580 e. The minimum atomic E-state index is -0.0562. The first-order valence-corrected chi connectivity index (χ1v) is 7.39. The number of hydrogen-bond donors (Lipinski definition) is 1. The Morgan fingerprint density at radius 1 is 1.29 bits per heavy atom. The van der Waals surface area contributed by atoms with Crippen molar-refractivity contribution in [3.05, 3.63) is 0 Å². The van der Waals surface area contributed by atoms with E-state index in [0.29, 0.717) is 5.92 Å². The lowest BCUT2D eigenvalue weighted by atomic mass is 9.78. The molecule has 102 valence electrons. The van der Waals surface area contributed by atoms with Gasteiger partial charge in [-0.25, -0.2) is 0 Å². The van der Waals surface area contributed by atoms with Crippen molar-refractivity contribution in [3.8, 4) is 0 Å². The minimum absolute atomic E-state index is 0.0562. The highest BCUT2D eigenvalue weighted by Gasteiger charge is 2.28. The molecular formula is C15H31NO. The van der Waals surface area contributed by atoms with Crippen molar-refractivity contribution in [3.63, 3.8) is 0 Å². The number of rotatable bonds is 6. The third kappa shape index (κ3) is 5.39. The second-order valence-corrected chi connectivity index (χ2v) is 6.36. The van der Waals surface area contributed by atoms with Crippen LogP contribution in [-0.4, -0.2) is 36.2 Å². The normalized spacial score (nSPS) is 30.2. The van der Waals surface area contributed by atoms with Crippen LogP contribution in [0.2, 0.25) is 0 Å². The Balaban J connectivity index is 2.32. The molecule has 1 N–H and O–H groups in total. The first-order valence-electron chi connectivity index (χ1n) is 7.39.